The van der Waals surface area contributed by atoms with E-state index in [1.165, 1.54) is 18.4 Å². The van der Waals surface area contributed by atoms with Gasteiger partial charge in [-0.3, -0.25) is 4.79 Å². The molecule has 33 heavy (non-hydrogen) atoms. The highest BCUT2D eigenvalue weighted by atomic mass is 32.2. The van der Waals surface area contributed by atoms with Crippen molar-refractivity contribution in [2.75, 3.05) is 36.3 Å². The van der Waals surface area contributed by atoms with E-state index in [0.29, 0.717) is 6.54 Å². The Kier molecular flexibility index (Phi) is 6.14. The number of benzene rings is 3. The Bertz CT molecular complexity index is 1260. The summed E-state index contributed by atoms with van der Waals surface area (Å²) in [5.41, 5.74) is 4.57. The first-order valence-electron chi connectivity index (χ1n) is 10.7. The maximum Gasteiger partial charge on any atom is 0.249 e. The zero-order valence-electron chi connectivity index (χ0n) is 19.2. The monoisotopic (exact) mass is 464 g/mol. The quantitative estimate of drug-likeness (QED) is 0.596. The molecule has 1 unspecified atom stereocenters. The minimum Gasteiger partial charge on any atom is -0.355 e. The minimum atomic E-state index is -3.47. The molecule has 0 aromatic heterocycles. The number of likely N-dealkylation sites (N-methyl/N-ethyl adjacent to an activating group) is 1. The lowest BCUT2D eigenvalue weighted by atomic mass is 10.0. The SMILES string of the molecule is CC1C(=O)N(C)c2ccc(Nc3ccc(S(=O)(=O)N(C)C)cc3)cc2N1Cc1ccccc1. The van der Waals surface area contributed by atoms with Gasteiger partial charge in [0.25, 0.3) is 0 Å². The van der Waals surface area contributed by atoms with E-state index in [1.807, 2.05) is 43.3 Å². The highest BCUT2D eigenvalue weighted by molar-refractivity contribution is 7.89. The molecule has 0 bridgehead atoms. The van der Waals surface area contributed by atoms with Crippen molar-refractivity contribution in [3.63, 3.8) is 0 Å². The van der Waals surface area contributed by atoms with Crippen LogP contribution in [0, 0.1) is 0 Å². The smallest absolute Gasteiger partial charge is 0.249 e. The Morgan fingerprint density at radius 1 is 0.909 bits per heavy atom. The Hall–Kier alpha value is -3.36. The van der Waals surface area contributed by atoms with E-state index >= 15 is 0 Å². The fraction of sp³-hybridized carbons (Fsp3) is 0.240. The number of sulfonamides is 1. The summed E-state index contributed by atoms with van der Waals surface area (Å²) < 4.78 is 25.8. The summed E-state index contributed by atoms with van der Waals surface area (Å²) in [6.07, 6.45) is 0. The molecular formula is C25H28N4O3S. The van der Waals surface area contributed by atoms with E-state index in [2.05, 4.69) is 22.3 Å². The summed E-state index contributed by atoms with van der Waals surface area (Å²) >= 11 is 0. The summed E-state index contributed by atoms with van der Waals surface area (Å²) in [5, 5.41) is 3.35. The van der Waals surface area contributed by atoms with Crippen LogP contribution in [0.25, 0.3) is 0 Å². The van der Waals surface area contributed by atoms with Crippen LogP contribution < -0.4 is 15.1 Å². The van der Waals surface area contributed by atoms with Gasteiger partial charge in [-0.1, -0.05) is 30.3 Å². The van der Waals surface area contributed by atoms with Crippen LogP contribution in [-0.4, -0.2) is 45.8 Å². The number of hydrogen-bond donors (Lipinski definition) is 1. The third kappa shape index (κ3) is 4.44. The van der Waals surface area contributed by atoms with Crippen LogP contribution >= 0.6 is 0 Å². The van der Waals surface area contributed by atoms with Gasteiger partial charge in [0.1, 0.15) is 6.04 Å². The molecule has 0 saturated carbocycles. The summed E-state index contributed by atoms with van der Waals surface area (Å²) in [6.45, 7) is 2.55. The van der Waals surface area contributed by atoms with E-state index in [0.717, 1.165) is 28.3 Å². The van der Waals surface area contributed by atoms with Crippen molar-refractivity contribution in [2.24, 2.45) is 0 Å². The maximum absolute atomic E-state index is 12.8. The van der Waals surface area contributed by atoms with Crippen molar-refractivity contribution in [3.05, 3.63) is 78.4 Å². The molecule has 7 nitrogen and oxygen atoms in total. The van der Waals surface area contributed by atoms with Gasteiger partial charge in [-0.15, -0.1) is 0 Å². The molecule has 0 radical (unpaired) electrons. The molecule has 172 valence electrons. The van der Waals surface area contributed by atoms with Crippen LogP contribution in [0.4, 0.5) is 22.7 Å². The first-order chi connectivity index (χ1) is 15.7. The predicted molar refractivity (Wildman–Crippen MR) is 133 cm³/mol. The molecule has 3 aromatic rings. The second kappa shape index (κ2) is 8.88. The highest BCUT2D eigenvalue weighted by Gasteiger charge is 2.33. The summed E-state index contributed by atoms with van der Waals surface area (Å²) in [7, 11) is 1.35. The van der Waals surface area contributed by atoms with Gasteiger partial charge in [0.05, 0.1) is 16.3 Å². The van der Waals surface area contributed by atoms with E-state index in [-0.39, 0.29) is 16.8 Å². The van der Waals surface area contributed by atoms with Crippen molar-refractivity contribution in [3.8, 4) is 0 Å². The number of amides is 1. The predicted octanol–water partition coefficient (Wildman–Crippen LogP) is 4.05. The van der Waals surface area contributed by atoms with Crippen LogP contribution in [0.1, 0.15) is 12.5 Å². The lowest BCUT2D eigenvalue weighted by Gasteiger charge is -2.40. The molecule has 0 saturated heterocycles. The van der Waals surface area contributed by atoms with Crippen molar-refractivity contribution in [1.29, 1.82) is 0 Å². The molecule has 0 spiro atoms. The molecular weight excluding hydrogens is 436 g/mol. The van der Waals surface area contributed by atoms with Gasteiger partial charge in [0.2, 0.25) is 15.9 Å². The second-order valence-corrected chi connectivity index (χ2v) is 10.5. The van der Waals surface area contributed by atoms with Gasteiger partial charge < -0.3 is 15.1 Å². The third-order valence-electron chi connectivity index (χ3n) is 5.92. The van der Waals surface area contributed by atoms with E-state index in [9.17, 15) is 13.2 Å². The number of anilines is 4. The molecule has 1 amide bonds. The van der Waals surface area contributed by atoms with Gasteiger partial charge in [-0.2, -0.15) is 0 Å². The Morgan fingerprint density at radius 2 is 1.55 bits per heavy atom. The molecule has 1 aliphatic rings. The number of carbonyl (C=O) groups excluding carboxylic acids is 1. The topological polar surface area (TPSA) is 73.0 Å². The van der Waals surface area contributed by atoms with Gasteiger partial charge in [0.15, 0.2) is 0 Å². The first-order valence-corrected chi connectivity index (χ1v) is 12.1. The molecule has 1 aliphatic heterocycles. The lowest BCUT2D eigenvalue weighted by Crippen LogP contribution is -2.50. The maximum atomic E-state index is 12.8. The van der Waals surface area contributed by atoms with Crippen molar-refractivity contribution < 1.29 is 13.2 Å². The number of hydrogen-bond acceptors (Lipinski definition) is 5. The summed E-state index contributed by atoms with van der Waals surface area (Å²) in [5.74, 6) is 0.0526. The number of nitrogens with zero attached hydrogens (tertiary/aromatic N) is 3. The standard InChI is InChI=1S/C25H28N4O3S/c1-18-25(30)28(4)23-15-12-21(16-24(23)29(18)17-19-8-6-5-7-9-19)26-20-10-13-22(14-11-20)33(31,32)27(2)3/h5-16,18,26H,17H2,1-4H3. The van der Waals surface area contributed by atoms with Crippen molar-refractivity contribution in [1.82, 2.24) is 4.31 Å². The van der Waals surface area contributed by atoms with Gasteiger partial charge in [0, 0.05) is 39.1 Å². The van der Waals surface area contributed by atoms with E-state index in [1.54, 1.807) is 36.2 Å². The molecule has 4 rings (SSSR count). The number of carbonyl (C=O) groups is 1. The fourth-order valence-corrected chi connectivity index (χ4v) is 4.85. The van der Waals surface area contributed by atoms with Gasteiger partial charge in [-0.25, -0.2) is 12.7 Å². The van der Waals surface area contributed by atoms with Crippen LogP contribution in [0.3, 0.4) is 0 Å². The molecule has 1 heterocycles. The minimum absolute atomic E-state index is 0.0526. The average Bonchev–Trinajstić information content (AvgIpc) is 2.81. The molecule has 0 aliphatic carbocycles. The number of rotatable bonds is 6. The molecule has 8 heteroatoms. The number of fused-ring (bicyclic) bond motifs is 1. The van der Waals surface area contributed by atoms with E-state index in [4.69, 9.17) is 0 Å². The average molecular weight is 465 g/mol. The van der Waals surface area contributed by atoms with Crippen LogP contribution in [0.15, 0.2) is 77.7 Å². The van der Waals surface area contributed by atoms with Crippen molar-refractivity contribution >= 4 is 38.7 Å². The van der Waals surface area contributed by atoms with Crippen LogP contribution in [-0.2, 0) is 21.4 Å². The Labute approximate surface area is 195 Å². The molecule has 1 N–H and O–H groups in total. The van der Waals surface area contributed by atoms with E-state index < -0.39 is 10.0 Å². The zero-order chi connectivity index (χ0) is 23.8. The summed E-state index contributed by atoms with van der Waals surface area (Å²) in [4.78, 5) is 16.9. The zero-order valence-corrected chi connectivity index (χ0v) is 20.0. The summed E-state index contributed by atoms with van der Waals surface area (Å²) in [6, 6.07) is 22.3. The van der Waals surface area contributed by atoms with Gasteiger partial charge in [-0.05, 0) is 55.0 Å². The Morgan fingerprint density at radius 3 is 2.18 bits per heavy atom. The molecule has 3 aromatic carbocycles. The van der Waals surface area contributed by atoms with Crippen LogP contribution in [0.2, 0.25) is 0 Å². The normalized spacial score (nSPS) is 16.2. The fourth-order valence-electron chi connectivity index (χ4n) is 3.95. The lowest BCUT2D eigenvalue weighted by molar-refractivity contribution is -0.119. The second-order valence-electron chi connectivity index (χ2n) is 8.33. The third-order valence-corrected chi connectivity index (χ3v) is 7.75. The Balaban J connectivity index is 1.64. The van der Waals surface area contributed by atoms with Crippen LogP contribution in [0.5, 0.6) is 0 Å². The molecule has 1 atom stereocenters. The van der Waals surface area contributed by atoms with Crippen molar-refractivity contribution in [2.45, 2.75) is 24.4 Å². The first kappa shape index (κ1) is 22.8. The molecule has 0 fully saturated rings. The van der Waals surface area contributed by atoms with Gasteiger partial charge >= 0.3 is 0 Å². The largest absolute Gasteiger partial charge is 0.355 e. The number of nitrogens with one attached hydrogen (secondary N) is 1. The highest BCUT2D eigenvalue weighted by Crippen LogP contribution is 2.39.